The van der Waals surface area contributed by atoms with E-state index < -0.39 is 0 Å². The lowest BCUT2D eigenvalue weighted by Gasteiger charge is -2.18. The highest BCUT2D eigenvalue weighted by molar-refractivity contribution is 9.10. The number of anilines is 2. The largest absolute Gasteiger partial charge is 0.374 e. The highest BCUT2D eigenvalue weighted by Crippen LogP contribution is 2.20. The van der Waals surface area contributed by atoms with Crippen LogP contribution in [0.2, 0.25) is 0 Å². The summed E-state index contributed by atoms with van der Waals surface area (Å²) in [6, 6.07) is 15.9. The van der Waals surface area contributed by atoms with Gasteiger partial charge in [0.05, 0.1) is 0 Å². The molecule has 1 amide bonds. The van der Waals surface area contributed by atoms with Gasteiger partial charge in [0, 0.05) is 35.9 Å². The molecule has 0 spiro atoms. The lowest BCUT2D eigenvalue weighted by molar-refractivity contribution is -0.116. The van der Waals surface area contributed by atoms with Gasteiger partial charge in [0.2, 0.25) is 5.91 Å². The molecule has 0 aliphatic rings. The number of hydrogen-bond donors (Lipinski definition) is 1. The fourth-order valence-corrected chi connectivity index (χ4v) is 2.27. The molecule has 110 valence electrons. The van der Waals surface area contributed by atoms with Gasteiger partial charge < -0.3 is 10.2 Å². The Balaban J connectivity index is 1.86. The van der Waals surface area contributed by atoms with Crippen molar-refractivity contribution in [1.82, 2.24) is 0 Å². The Kier molecular flexibility index (Phi) is 5.39. The highest BCUT2D eigenvalue weighted by atomic mass is 79.9. The van der Waals surface area contributed by atoms with Gasteiger partial charge in [-0.25, -0.2) is 0 Å². The van der Waals surface area contributed by atoms with Crippen molar-refractivity contribution in [1.29, 1.82) is 0 Å². The summed E-state index contributed by atoms with van der Waals surface area (Å²) < 4.78 is 1.05. The molecule has 0 bridgehead atoms. The van der Waals surface area contributed by atoms with Gasteiger partial charge in [-0.05, 0) is 42.8 Å². The molecule has 2 aromatic carbocycles. The van der Waals surface area contributed by atoms with Crippen molar-refractivity contribution in [2.45, 2.75) is 13.3 Å². The Morgan fingerprint density at radius 2 is 1.90 bits per heavy atom. The summed E-state index contributed by atoms with van der Waals surface area (Å²) in [6.07, 6.45) is 0.459. The maximum Gasteiger partial charge on any atom is 0.226 e. The van der Waals surface area contributed by atoms with Crippen LogP contribution < -0.4 is 10.2 Å². The van der Waals surface area contributed by atoms with E-state index in [1.165, 1.54) is 0 Å². The van der Waals surface area contributed by atoms with Gasteiger partial charge in [0.25, 0.3) is 0 Å². The molecule has 0 saturated heterocycles. The zero-order valence-electron chi connectivity index (χ0n) is 12.3. The van der Waals surface area contributed by atoms with Crippen molar-refractivity contribution in [3.63, 3.8) is 0 Å². The molecule has 2 aromatic rings. The number of aryl methyl sites for hydroxylation is 1. The number of nitrogens with one attached hydrogen (secondary N) is 1. The van der Waals surface area contributed by atoms with E-state index in [2.05, 4.69) is 26.1 Å². The molecule has 21 heavy (non-hydrogen) atoms. The Morgan fingerprint density at radius 1 is 1.19 bits per heavy atom. The van der Waals surface area contributed by atoms with E-state index in [4.69, 9.17) is 0 Å². The Labute approximate surface area is 134 Å². The van der Waals surface area contributed by atoms with E-state index in [9.17, 15) is 4.79 Å². The number of carbonyl (C=O) groups is 1. The van der Waals surface area contributed by atoms with Crippen LogP contribution in [0.1, 0.15) is 12.0 Å². The van der Waals surface area contributed by atoms with Gasteiger partial charge in [-0.3, -0.25) is 4.79 Å². The monoisotopic (exact) mass is 346 g/mol. The van der Waals surface area contributed by atoms with Gasteiger partial charge in [0.1, 0.15) is 0 Å². The Morgan fingerprint density at radius 3 is 2.57 bits per heavy atom. The zero-order chi connectivity index (χ0) is 15.2. The molecule has 0 aliphatic carbocycles. The van der Waals surface area contributed by atoms with Crippen LogP contribution in [0, 0.1) is 6.92 Å². The maximum atomic E-state index is 12.0. The van der Waals surface area contributed by atoms with Crippen LogP contribution in [-0.2, 0) is 4.79 Å². The topological polar surface area (TPSA) is 32.3 Å². The number of carbonyl (C=O) groups excluding carboxylic acids is 1. The van der Waals surface area contributed by atoms with E-state index in [1.807, 2.05) is 62.5 Å². The van der Waals surface area contributed by atoms with E-state index >= 15 is 0 Å². The molecule has 0 aromatic heterocycles. The van der Waals surface area contributed by atoms with Gasteiger partial charge >= 0.3 is 0 Å². The second-order valence-electron chi connectivity index (χ2n) is 5.02. The molecular weight excluding hydrogens is 328 g/mol. The van der Waals surface area contributed by atoms with Crippen molar-refractivity contribution >= 4 is 33.2 Å². The summed E-state index contributed by atoms with van der Waals surface area (Å²) in [4.78, 5) is 14.1. The number of halogens is 1. The summed E-state index contributed by atoms with van der Waals surface area (Å²) in [5.74, 6) is 0.0273. The van der Waals surface area contributed by atoms with Crippen molar-refractivity contribution in [3.05, 3.63) is 58.6 Å². The Hall–Kier alpha value is -1.81. The predicted molar refractivity (Wildman–Crippen MR) is 91.8 cm³/mol. The summed E-state index contributed by atoms with van der Waals surface area (Å²) >= 11 is 3.45. The fraction of sp³-hybridized carbons (Fsp3) is 0.235. The van der Waals surface area contributed by atoms with Crippen LogP contribution >= 0.6 is 15.9 Å². The molecular formula is C17H19BrN2O. The highest BCUT2D eigenvalue weighted by Gasteiger charge is 2.06. The van der Waals surface area contributed by atoms with Crippen LogP contribution in [0.3, 0.4) is 0 Å². The molecule has 0 radical (unpaired) electrons. The minimum Gasteiger partial charge on any atom is -0.374 e. The quantitative estimate of drug-likeness (QED) is 0.878. The van der Waals surface area contributed by atoms with E-state index in [0.717, 1.165) is 21.4 Å². The predicted octanol–water partition coefficient (Wildman–Crippen LogP) is 4.22. The number of hydrogen-bond acceptors (Lipinski definition) is 2. The number of nitrogens with zero attached hydrogens (tertiary/aromatic N) is 1. The van der Waals surface area contributed by atoms with Crippen LogP contribution in [0.25, 0.3) is 0 Å². The third-order valence-corrected chi connectivity index (χ3v) is 4.20. The first kappa shape index (κ1) is 15.6. The Bertz CT molecular complexity index is 613. The molecule has 4 heteroatoms. The van der Waals surface area contributed by atoms with Gasteiger partial charge in [-0.1, -0.05) is 34.1 Å². The van der Waals surface area contributed by atoms with Crippen LogP contribution in [0.15, 0.2) is 53.0 Å². The average Bonchev–Trinajstić information content (AvgIpc) is 2.49. The molecule has 0 fully saturated rings. The third-order valence-electron chi connectivity index (χ3n) is 3.31. The summed E-state index contributed by atoms with van der Waals surface area (Å²) in [5.41, 5.74) is 3.06. The van der Waals surface area contributed by atoms with Crippen LogP contribution in [0.5, 0.6) is 0 Å². The van der Waals surface area contributed by atoms with Crippen molar-refractivity contribution in [2.75, 3.05) is 23.8 Å². The standard InChI is InChI=1S/C17H19BrN2O/c1-13-12-14(8-9-16(13)18)19-17(21)10-11-20(2)15-6-4-3-5-7-15/h3-9,12H,10-11H2,1-2H3,(H,19,21). The number of amides is 1. The SMILES string of the molecule is Cc1cc(NC(=O)CCN(C)c2ccccc2)ccc1Br. The molecule has 1 N–H and O–H groups in total. The summed E-state index contributed by atoms with van der Waals surface area (Å²) in [7, 11) is 1.99. The lowest BCUT2D eigenvalue weighted by Crippen LogP contribution is -2.23. The minimum absolute atomic E-state index is 0.0273. The molecule has 0 unspecified atom stereocenters. The number of rotatable bonds is 5. The van der Waals surface area contributed by atoms with E-state index in [1.54, 1.807) is 0 Å². The molecule has 0 heterocycles. The third kappa shape index (κ3) is 4.60. The normalized spacial score (nSPS) is 10.2. The molecule has 0 saturated carbocycles. The summed E-state index contributed by atoms with van der Waals surface area (Å²) in [6.45, 7) is 2.69. The lowest BCUT2D eigenvalue weighted by atomic mass is 10.2. The van der Waals surface area contributed by atoms with Crippen LogP contribution in [-0.4, -0.2) is 19.5 Å². The number of para-hydroxylation sites is 1. The van der Waals surface area contributed by atoms with Gasteiger partial charge in [0.15, 0.2) is 0 Å². The van der Waals surface area contributed by atoms with Crippen molar-refractivity contribution in [2.24, 2.45) is 0 Å². The number of benzene rings is 2. The second kappa shape index (κ2) is 7.27. The fourth-order valence-electron chi connectivity index (χ4n) is 2.03. The van der Waals surface area contributed by atoms with Crippen molar-refractivity contribution < 1.29 is 4.79 Å². The first-order valence-corrected chi connectivity index (χ1v) is 7.68. The summed E-state index contributed by atoms with van der Waals surface area (Å²) in [5, 5.41) is 2.93. The molecule has 2 rings (SSSR count). The van der Waals surface area contributed by atoms with Gasteiger partial charge in [-0.2, -0.15) is 0 Å². The first-order chi connectivity index (χ1) is 10.1. The van der Waals surface area contributed by atoms with Gasteiger partial charge in [-0.15, -0.1) is 0 Å². The molecule has 0 atom stereocenters. The molecule has 3 nitrogen and oxygen atoms in total. The smallest absolute Gasteiger partial charge is 0.226 e. The minimum atomic E-state index is 0.0273. The van der Waals surface area contributed by atoms with Crippen LogP contribution in [0.4, 0.5) is 11.4 Å². The van der Waals surface area contributed by atoms with E-state index in [-0.39, 0.29) is 5.91 Å². The second-order valence-corrected chi connectivity index (χ2v) is 5.87. The first-order valence-electron chi connectivity index (χ1n) is 6.88. The van der Waals surface area contributed by atoms with Crippen molar-refractivity contribution in [3.8, 4) is 0 Å². The molecule has 0 aliphatic heterocycles. The van der Waals surface area contributed by atoms with E-state index in [0.29, 0.717) is 13.0 Å². The zero-order valence-corrected chi connectivity index (χ0v) is 13.9. The average molecular weight is 347 g/mol. The maximum absolute atomic E-state index is 12.0.